The molecule has 2 heterocycles. The Labute approximate surface area is 148 Å². The van der Waals surface area contributed by atoms with Gasteiger partial charge in [-0.3, -0.25) is 10.2 Å². The van der Waals surface area contributed by atoms with E-state index >= 15 is 0 Å². The van der Waals surface area contributed by atoms with Gasteiger partial charge in [-0.05, 0) is 62.6 Å². The van der Waals surface area contributed by atoms with Crippen LogP contribution in [0.5, 0.6) is 0 Å². The topological polar surface area (TPSA) is 29.6 Å². The minimum atomic E-state index is 0. The Hall–Kier alpha value is 1.23. The molecule has 5 nitrogen and oxygen atoms in total. The summed E-state index contributed by atoms with van der Waals surface area (Å²) in [5.74, 6) is 0. The minimum absolute atomic E-state index is 0. The van der Waals surface area contributed by atoms with Crippen LogP contribution in [0.4, 0.5) is 0 Å². The van der Waals surface area contributed by atoms with Crippen molar-refractivity contribution in [2.75, 3.05) is 54.4 Å². The van der Waals surface area contributed by atoms with Crippen LogP contribution in [-0.4, -0.2) is 85.2 Å². The predicted octanol–water partition coefficient (Wildman–Crippen LogP) is -3.05. The van der Waals surface area contributed by atoms with Crippen LogP contribution in [0, 0.1) is 0 Å². The Morgan fingerprint density at radius 2 is 1.60 bits per heavy atom. The molecule has 2 N–H and O–H groups in total. The average Bonchev–Trinajstić information content (AvgIpc) is 2.98. The van der Waals surface area contributed by atoms with E-state index < -0.39 is 0 Å². The molecular weight excluding hydrogens is 405 g/mol. The van der Waals surface area contributed by atoms with Crippen LogP contribution in [0.25, 0.3) is 0 Å². The second-order valence-corrected chi connectivity index (χ2v) is 8.26. The third-order valence-electron chi connectivity index (χ3n) is 3.61. The van der Waals surface area contributed by atoms with Crippen molar-refractivity contribution in [3.8, 4) is 0 Å². The number of halogens is 1. The zero-order chi connectivity index (χ0) is 13.8. The molecule has 2 rings (SSSR count). The third-order valence-corrected chi connectivity index (χ3v) is 6.61. The van der Waals surface area contributed by atoms with Gasteiger partial charge >= 0.3 is 0 Å². The fraction of sp³-hybridized carbons (Fsp3) is 1.00. The molecule has 20 heavy (non-hydrogen) atoms. The fourth-order valence-electron chi connectivity index (χ4n) is 2.42. The molecule has 0 amide bonds. The Morgan fingerprint density at radius 1 is 1.00 bits per heavy atom. The van der Waals surface area contributed by atoms with Crippen molar-refractivity contribution in [2.45, 2.75) is 23.8 Å². The van der Waals surface area contributed by atoms with Crippen molar-refractivity contribution >= 4 is 21.6 Å². The summed E-state index contributed by atoms with van der Waals surface area (Å²) in [5.41, 5.74) is 1.06. The van der Waals surface area contributed by atoms with Gasteiger partial charge in [-0.15, -0.1) is 0 Å². The number of hydrazine groups is 1. The molecule has 2 atom stereocenters. The van der Waals surface area contributed by atoms with Crippen LogP contribution in [-0.2, 0) is 0 Å². The summed E-state index contributed by atoms with van der Waals surface area (Å²) in [6.07, 6.45) is 2.69. The fourth-order valence-corrected chi connectivity index (χ4v) is 5.56. The van der Waals surface area contributed by atoms with E-state index in [1.807, 2.05) is 21.6 Å². The van der Waals surface area contributed by atoms with E-state index in [1.54, 1.807) is 0 Å². The summed E-state index contributed by atoms with van der Waals surface area (Å²) in [6.45, 7) is 4.71. The summed E-state index contributed by atoms with van der Waals surface area (Å²) >= 11 is 0. The van der Waals surface area contributed by atoms with E-state index in [2.05, 4.69) is 53.3 Å². The molecule has 0 aromatic heterocycles. The van der Waals surface area contributed by atoms with Crippen molar-refractivity contribution in [2.24, 2.45) is 0 Å². The largest absolute Gasteiger partial charge is 1.00 e. The van der Waals surface area contributed by atoms with Crippen molar-refractivity contribution in [1.82, 2.24) is 19.8 Å². The molecule has 2 fully saturated rings. The van der Waals surface area contributed by atoms with E-state index in [9.17, 15) is 0 Å². The molecule has 0 saturated carbocycles. The van der Waals surface area contributed by atoms with Crippen molar-refractivity contribution in [1.29, 1.82) is 0 Å². The summed E-state index contributed by atoms with van der Waals surface area (Å²) in [4.78, 5) is 4.57. The second-order valence-electron chi connectivity index (χ2n) is 5.76. The lowest BCUT2D eigenvalue weighted by Gasteiger charge is -2.34. The van der Waals surface area contributed by atoms with Crippen molar-refractivity contribution < 1.29 is 29.3 Å². The summed E-state index contributed by atoms with van der Waals surface area (Å²) < 4.78 is 0. The molecule has 0 radical (unpaired) electrons. The highest BCUT2D eigenvalue weighted by Crippen LogP contribution is 2.34. The monoisotopic (exact) mass is 433 g/mol. The van der Waals surface area contributed by atoms with E-state index in [4.69, 9.17) is 0 Å². The first-order valence-corrected chi connectivity index (χ1v) is 9.35. The van der Waals surface area contributed by atoms with Gasteiger partial charge in [0.2, 0.25) is 11.0 Å². The average molecular weight is 433 g/mol. The smallest absolute Gasteiger partial charge is 0.215 e. The maximum absolute atomic E-state index is 2.59. The van der Waals surface area contributed by atoms with E-state index in [0.29, 0.717) is 11.0 Å². The highest BCUT2D eigenvalue weighted by molar-refractivity contribution is 8.77. The van der Waals surface area contributed by atoms with Gasteiger partial charge in [-0.1, -0.05) is 0 Å². The summed E-state index contributed by atoms with van der Waals surface area (Å²) in [7, 11) is 12.6. The number of nitrogens with zero attached hydrogens (tertiary/aromatic N) is 4. The number of nitrogens with two attached hydrogens (primary N) is 1. The molecule has 0 aromatic rings. The molecule has 2 saturated heterocycles. The molecule has 2 unspecified atom stereocenters. The lowest BCUT2D eigenvalue weighted by atomic mass is 10.4. The zero-order valence-corrected chi connectivity index (χ0v) is 16.7. The van der Waals surface area contributed by atoms with Crippen LogP contribution in [0.15, 0.2) is 0 Å². The van der Waals surface area contributed by atoms with E-state index in [0.717, 1.165) is 13.1 Å². The van der Waals surface area contributed by atoms with Gasteiger partial charge in [-0.25, -0.2) is 5.01 Å². The normalized spacial score (nSPS) is 27.8. The van der Waals surface area contributed by atoms with E-state index in [-0.39, 0.29) is 24.0 Å². The predicted molar refractivity (Wildman–Crippen MR) is 84.4 cm³/mol. The lowest BCUT2D eigenvalue weighted by molar-refractivity contribution is -0.715. The molecule has 0 bridgehead atoms. The molecule has 0 aromatic carbocycles. The third kappa shape index (κ3) is 5.45. The molecule has 8 heteroatoms. The lowest BCUT2D eigenvalue weighted by Crippen LogP contribution is -3.00. The second kappa shape index (κ2) is 9.39. The van der Waals surface area contributed by atoms with Gasteiger partial charge in [0.15, 0.2) is 0 Å². The number of quaternary nitrogens is 1. The Bertz CT molecular complexity index is 277. The van der Waals surface area contributed by atoms with Gasteiger partial charge in [0, 0.05) is 26.2 Å². The summed E-state index contributed by atoms with van der Waals surface area (Å²) in [5, 5.41) is 7.65. The first-order valence-electron chi connectivity index (χ1n) is 7.07. The number of hydrogen-bond acceptors (Lipinski definition) is 6. The SMILES string of the molecule is CN(C)CCN(C1[NH2+]C(N(C)C)SS1)N1CCCC1.[I-]. The molecule has 120 valence electrons. The number of rotatable bonds is 6. The summed E-state index contributed by atoms with van der Waals surface area (Å²) in [6, 6.07) is 0. The van der Waals surface area contributed by atoms with Gasteiger partial charge < -0.3 is 28.9 Å². The Balaban J connectivity index is 0.00000200. The minimum Gasteiger partial charge on any atom is -1.00 e. The molecule has 0 spiro atoms. The number of hydrogen-bond donors (Lipinski definition) is 1. The van der Waals surface area contributed by atoms with Crippen LogP contribution in [0.1, 0.15) is 12.8 Å². The molecule has 2 aliphatic rings. The van der Waals surface area contributed by atoms with E-state index in [1.165, 1.54) is 25.9 Å². The maximum atomic E-state index is 2.59. The molecular formula is C12H28IN5S2. The molecule has 0 aliphatic carbocycles. The van der Waals surface area contributed by atoms with Gasteiger partial charge in [0.05, 0.1) is 0 Å². The standard InChI is InChI=1S/C12H27N5S2.HI/c1-14(2)9-10-17(16-7-5-6-8-16)12-13-11(15(3)4)18-19-12;/h11-13H,5-10H2,1-4H3;1H. The van der Waals surface area contributed by atoms with Crippen LogP contribution in [0.2, 0.25) is 0 Å². The maximum Gasteiger partial charge on any atom is 0.215 e. The van der Waals surface area contributed by atoms with Crippen molar-refractivity contribution in [3.63, 3.8) is 0 Å². The first-order chi connectivity index (χ1) is 9.08. The number of likely N-dealkylation sites (N-methyl/N-ethyl adjacent to an activating group) is 1. The first kappa shape index (κ1) is 19.3. The Morgan fingerprint density at radius 3 is 2.10 bits per heavy atom. The van der Waals surface area contributed by atoms with Crippen LogP contribution in [0.3, 0.4) is 0 Å². The molecule has 2 aliphatic heterocycles. The van der Waals surface area contributed by atoms with Gasteiger partial charge in [0.25, 0.3) is 0 Å². The van der Waals surface area contributed by atoms with Gasteiger partial charge in [0.1, 0.15) is 0 Å². The van der Waals surface area contributed by atoms with Crippen LogP contribution < -0.4 is 29.3 Å². The van der Waals surface area contributed by atoms with Crippen LogP contribution >= 0.6 is 21.6 Å². The zero-order valence-electron chi connectivity index (χ0n) is 13.0. The van der Waals surface area contributed by atoms with Gasteiger partial charge in [-0.2, -0.15) is 5.01 Å². The quantitative estimate of drug-likeness (QED) is 0.354. The Kier molecular flexibility index (Phi) is 9.05. The highest BCUT2D eigenvalue weighted by atomic mass is 127. The van der Waals surface area contributed by atoms with Crippen molar-refractivity contribution in [3.05, 3.63) is 0 Å². The highest BCUT2D eigenvalue weighted by Gasteiger charge is 2.38.